The number of carbonyl (C=O) groups is 1. The molecule has 0 heterocycles. The van der Waals surface area contributed by atoms with Crippen molar-refractivity contribution < 1.29 is 39.5 Å². The van der Waals surface area contributed by atoms with Crippen LogP contribution in [0.4, 0.5) is 8.78 Å². The minimum absolute atomic E-state index is 2.62. The van der Waals surface area contributed by atoms with Gasteiger partial charge in [0.15, 0.2) is 0 Å². The van der Waals surface area contributed by atoms with Gasteiger partial charge in [0.2, 0.25) is 5.78 Å². The standard InChI is InChI=1S/C3H4F2O7S2/c4-2(13(7,8)9)1(6)3(5)14(10,11)12/h2-3H,(H,7,8,9)(H,10,11,12). The Hall–Kier alpha value is -0.650. The molecule has 0 aromatic rings. The quantitative estimate of drug-likeness (QED) is 0.611. The van der Waals surface area contributed by atoms with Crippen LogP contribution in [0.3, 0.4) is 0 Å². The van der Waals surface area contributed by atoms with Crippen molar-refractivity contribution >= 4 is 26.0 Å². The zero-order chi connectivity index (χ0) is 11.7. The zero-order valence-corrected chi connectivity index (χ0v) is 7.80. The van der Waals surface area contributed by atoms with E-state index in [1.165, 1.54) is 0 Å². The molecule has 11 heteroatoms. The molecule has 2 N–H and O–H groups in total. The largest absolute Gasteiger partial charge is 0.305 e. The number of carbonyl (C=O) groups excluding carboxylic acids is 1. The molecule has 7 nitrogen and oxygen atoms in total. The van der Waals surface area contributed by atoms with Gasteiger partial charge >= 0.3 is 20.2 Å². The summed E-state index contributed by atoms with van der Waals surface area (Å²) in [5.41, 5.74) is -7.50. The van der Waals surface area contributed by atoms with Gasteiger partial charge < -0.3 is 0 Å². The lowest BCUT2D eigenvalue weighted by molar-refractivity contribution is -0.123. The average Bonchev–Trinajstić information content (AvgIpc) is 1.97. The molecule has 0 rings (SSSR count). The van der Waals surface area contributed by atoms with Crippen LogP contribution in [0.25, 0.3) is 0 Å². The Labute approximate surface area is 77.2 Å². The predicted octanol–water partition coefficient (Wildman–Crippen LogP) is -1.08. The normalized spacial score (nSPS) is 17.4. The monoisotopic (exact) mass is 254 g/mol. The molecule has 0 amide bonds. The van der Waals surface area contributed by atoms with E-state index in [2.05, 4.69) is 0 Å². The first-order chi connectivity index (χ1) is 5.98. The molecule has 2 atom stereocenters. The van der Waals surface area contributed by atoms with Gasteiger partial charge in [0.1, 0.15) is 0 Å². The van der Waals surface area contributed by atoms with E-state index in [-0.39, 0.29) is 0 Å². The molecular weight excluding hydrogens is 250 g/mol. The molecular formula is C3H4F2O7S2. The Morgan fingerprint density at radius 2 is 1.14 bits per heavy atom. The number of Topliss-reactive ketones (excluding diaryl/α,β-unsaturated/α-hetero) is 1. The Balaban J connectivity index is 5.02. The third kappa shape index (κ3) is 3.25. The molecule has 2 unspecified atom stereocenters. The highest BCUT2D eigenvalue weighted by Gasteiger charge is 2.42. The van der Waals surface area contributed by atoms with Gasteiger partial charge in [0, 0.05) is 0 Å². The molecule has 0 saturated carbocycles. The number of alkyl halides is 2. The highest BCUT2D eigenvalue weighted by Crippen LogP contribution is 2.11. The summed E-state index contributed by atoms with van der Waals surface area (Å²) >= 11 is 0. The van der Waals surface area contributed by atoms with Crippen LogP contribution in [0, 0.1) is 0 Å². The van der Waals surface area contributed by atoms with Crippen molar-refractivity contribution in [2.75, 3.05) is 0 Å². The molecule has 14 heavy (non-hydrogen) atoms. The summed E-state index contributed by atoms with van der Waals surface area (Å²) in [7, 11) is -11.1. The molecule has 0 radical (unpaired) electrons. The Kier molecular flexibility index (Phi) is 3.66. The van der Waals surface area contributed by atoms with Gasteiger partial charge in [-0.25, -0.2) is 8.78 Å². The summed E-state index contributed by atoms with van der Waals surface area (Å²) in [6, 6.07) is 0. The van der Waals surface area contributed by atoms with Crippen LogP contribution in [-0.2, 0) is 25.0 Å². The van der Waals surface area contributed by atoms with Gasteiger partial charge in [0.05, 0.1) is 0 Å². The first-order valence-corrected chi connectivity index (χ1v) is 5.73. The van der Waals surface area contributed by atoms with Crippen molar-refractivity contribution in [3.63, 3.8) is 0 Å². The van der Waals surface area contributed by atoms with Crippen LogP contribution in [-0.4, -0.2) is 42.7 Å². The van der Waals surface area contributed by atoms with Crippen molar-refractivity contribution in [2.24, 2.45) is 0 Å². The lowest BCUT2D eigenvalue weighted by atomic mass is 10.5. The number of halogens is 2. The third-order valence-corrected chi connectivity index (χ3v) is 2.48. The second-order valence-corrected chi connectivity index (χ2v) is 4.95. The van der Waals surface area contributed by atoms with Crippen molar-refractivity contribution in [3.05, 3.63) is 0 Å². The van der Waals surface area contributed by atoms with E-state index in [0.29, 0.717) is 0 Å². The second kappa shape index (κ2) is 3.84. The van der Waals surface area contributed by atoms with Gasteiger partial charge in [-0.2, -0.15) is 16.8 Å². The molecule has 0 aliphatic heterocycles. The van der Waals surface area contributed by atoms with Crippen LogP contribution in [0.2, 0.25) is 0 Å². The van der Waals surface area contributed by atoms with Crippen LogP contribution in [0.5, 0.6) is 0 Å². The fourth-order valence-corrected chi connectivity index (χ4v) is 1.31. The van der Waals surface area contributed by atoms with E-state index in [1.54, 1.807) is 0 Å². The SMILES string of the molecule is O=C(C(F)S(=O)(=O)O)C(F)S(=O)(=O)O. The van der Waals surface area contributed by atoms with Crippen molar-refractivity contribution in [3.8, 4) is 0 Å². The highest BCUT2D eigenvalue weighted by molar-refractivity contribution is 7.88. The first-order valence-electron chi connectivity index (χ1n) is 2.72. The third-order valence-electron chi connectivity index (χ3n) is 0.970. The smallest absolute Gasteiger partial charge is 0.290 e. The van der Waals surface area contributed by atoms with E-state index < -0.39 is 37.0 Å². The van der Waals surface area contributed by atoms with Crippen molar-refractivity contribution in [1.82, 2.24) is 0 Å². The van der Waals surface area contributed by atoms with Crippen molar-refractivity contribution in [2.45, 2.75) is 11.0 Å². The maximum absolute atomic E-state index is 12.3. The zero-order valence-electron chi connectivity index (χ0n) is 6.16. The number of hydrogen-bond donors (Lipinski definition) is 2. The molecule has 0 aromatic carbocycles. The Bertz CT molecular complexity index is 382. The van der Waals surface area contributed by atoms with Crippen LogP contribution in [0.15, 0.2) is 0 Å². The molecule has 0 aliphatic rings. The summed E-state index contributed by atoms with van der Waals surface area (Å²) in [5.74, 6) is -2.62. The molecule has 84 valence electrons. The Morgan fingerprint density at radius 3 is 1.29 bits per heavy atom. The van der Waals surface area contributed by atoms with E-state index in [0.717, 1.165) is 0 Å². The minimum Gasteiger partial charge on any atom is -0.290 e. The molecule has 0 fully saturated rings. The summed E-state index contributed by atoms with van der Waals surface area (Å²) in [6.45, 7) is 0. The molecule has 0 bridgehead atoms. The lowest BCUT2D eigenvalue weighted by Crippen LogP contribution is -2.36. The van der Waals surface area contributed by atoms with Crippen molar-refractivity contribution in [1.29, 1.82) is 0 Å². The number of hydrogen-bond acceptors (Lipinski definition) is 5. The summed E-state index contributed by atoms with van der Waals surface area (Å²) in [5, 5.41) is 0. The van der Waals surface area contributed by atoms with Crippen LogP contribution < -0.4 is 0 Å². The van der Waals surface area contributed by atoms with Gasteiger partial charge in [0.25, 0.3) is 11.0 Å². The maximum Gasteiger partial charge on any atom is 0.305 e. The lowest BCUT2D eigenvalue weighted by Gasteiger charge is -2.05. The molecule has 0 aliphatic carbocycles. The van der Waals surface area contributed by atoms with Crippen LogP contribution >= 0.6 is 0 Å². The number of rotatable bonds is 4. The van der Waals surface area contributed by atoms with Gasteiger partial charge in [-0.05, 0) is 0 Å². The first kappa shape index (κ1) is 13.4. The fourth-order valence-electron chi connectivity index (χ4n) is 0.397. The average molecular weight is 254 g/mol. The molecule has 0 spiro atoms. The number of ketones is 1. The highest BCUT2D eigenvalue weighted by atomic mass is 32.2. The minimum atomic E-state index is -5.54. The second-order valence-electron chi connectivity index (χ2n) is 2.06. The summed E-state index contributed by atoms with van der Waals surface area (Å²) in [4.78, 5) is 10.3. The van der Waals surface area contributed by atoms with E-state index in [1.807, 2.05) is 0 Å². The molecule has 0 saturated heterocycles. The summed E-state index contributed by atoms with van der Waals surface area (Å²) < 4.78 is 80.1. The van der Waals surface area contributed by atoms with Crippen LogP contribution in [0.1, 0.15) is 0 Å². The van der Waals surface area contributed by atoms with Gasteiger partial charge in [-0.1, -0.05) is 0 Å². The maximum atomic E-state index is 12.3. The molecule has 0 aromatic heterocycles. The van der Waals surface area contributed by atoms with E-state index in [4.69, 9.17) is 9.11 Å². The Morgan fingerprint density at radius 1 is 0.929 bits per heavy atom. The summed E-state index contributed by atoms with van der Waals surface area (Å²) in [6.07, 6.45) is 0. The predicted molar refractivity (Wildman–Crippen MR) is 37.9 cm³/mol. The van der Waals surface area contributed by atoms with E-state index in [9.17, 15) is 30.4 Å². The fraction of sp³-hybridized carbons (Fsp3) is 0.667. The van der Waals surface area contributed by atoms with Gasteiger partial charge in [-0.3, -0.25) is 13.9 Å². The topological polar surface area (TPSA) is 126 Å². The van der Waals surface area contributed by atoms with E-state index >= 15 is 0 Å². The van der Waals surface area contributed by atoms with Gasteiger partial charge in [-0.15, -0.1) is 0 Å².